The molecule has 0 spiro atoms. The smallest absolute Gasteiger partial charge is 0.0624 e. The average Bonchev–Trinajstić information content (AvgIpc) is 2.75. The van der Waals surface area contributed by atoms with Gasteiger partial charge in [-0.1, -0.05) is 6.92 Å². The summed E-state index contributed by atoms with van der Waals surface area (Å²) in [4.78, 5) is 0. The van der Waals surface area contributed by atoms with Crippen molar-refractivity contribution in [2.45, 2.75) is 58.1 Å². The predicted molar refractivity (Wildman–Crippen MR) is 80.2 cm³/mol. The van der Waals surface area contributed by atoms with Crippen molar-refractivity contribution in [2.24, 2.45) is 18.8 Å². The molecule has 20 heavy (non-hydrogen) atoms. The summed E-state index contributed by atoms with van der Waals surface area (Å²) in [7, 11) is 2.01. The Balaban J connectivity index is 1.82. The maximum absolute atomic E-state index is 5.72. The number of aromatic nitrogens is 2. The van der Waals surface area contributed by atoms with E-state index in [9.17, 15) is 0 Å². The van der Waals surface area contributed by atoms with Crippen LogP contribution < -0.4 is 11.3 Å². The van der Waals surface area contributed by atoms with E-state index in [-0.39, 0.29) is 0 Å². The summed E-state index contributed by atoms with van der Waals surface area (Å²) >= 11 is 0. The van der Waals surface area contributed by atoms with E-state index in [0.29, 0.717) is 12.1 Å². The number of nitrogens with one attached hydrogen (secondary N) is 1. The van der Waals surface area contributed by atoms with Crippen molar-refractivity contribution in [3.63, 3.8) is 0 Å². The SMILES string of the molecule is CCOC1CC(CC(Cc2cc(CC)nn2C)NN)C1. The Morgan fingerprint density at radius 2 is 2.25 bits per heavy atom. The van der Waals surface area contributed by atoms with Crippen LogP contribution in [0.2, 0.25) is 0 Å². The molecule has 1 unspecified atom stereocenters. The standard InChI is InChI=1S/C15H28N4O/c1-4-12-9-14(19(3)18-12)10-13(17-16)6-11-7-15(8-11)20-5-2/h9,11,13,15,17H,4-8,10,16H2,1-3H3. The van der Waals surface area contributed by atoms with Gasteiger partial charge in [-0.15, -0.1) is 0 Å². The minimum absolute atomic E-state index is 0.322. The zero-order chi connectivity index (χ0) is 14.5. The fraction of sp³-hybridized carbons (Fsp3) is 0.800. The van der Waals surface area contributed by atoms with Gasteiger partial charge in [-0.05, 0) is 44.6 Å². The molecule has 1 aromatic heterocycles. The van der Waals surface area contributed by atoms with Gasteiger partial charge in [0, 0.05) is 31.8 Å². The van der Waals surface area contributed by atoms with Crippen molar-refractivity contribution >= 4 is 0 Å². The van der Waals surface area contributed by atoms with Crippen molar-refractivity contribution in [1.82, 2.24) is 15.2 Å². The third kappa shape index (κ3) is 3.81. The van der Waals surface area contributed by atoms with Crippen molar-refractivity contribution in [1.29, 1.82) is 0 Å². The van der Waals surface area contributed by atoms with Crippen molar-refractivity contribution < 1.29 is 4.74 Å². The molecule has 0 bridgehead atoms. The van der Waals surface area contributed by atoms with Crippen LogP contribution in [0.1, 0.15) is 44.5 Å². The molecule has 0 aromatic carbocycles. The molecule has 1 aromatic rings. The van der Waals surface area contributed by atoms with Gasteiger partial charge in [-0.2, -0.15) is 5.10 Å². The molecule has 1 heterocycles. The number of hydrazine groups is 1. The van der Waals surface area contributed by atoms with Crippen LogP contribution in [0.3, 0.4) is 0 Å². The normalized spacial score (nSPS) is 23.6. The first-order chi connectivity index (χ1) is 9.66. The van der Waals surface area contributed by atoms with E-state index in [1.165, 1.54) is 18.5 Å². The average molecular weight is 280 g/mol. The molecule has 5 heteroatoms. The number of nitrogens with two attached hydrogens (primary N) is 1. The maximum Gasteiger partial charge on any atom is 0.0624 e. The molecule has 3 N–H and O–H groups in total. The lowest BCUT2D eigenvalue weighted by Gasteiger charge is -2.36. The third-order valence-electron chi connectivity index (χ3n) is 4.29. The molecule has 1 aliphatic rings. The van der Waals surface area contributed by atoms with Gasteiger partial charge in [0.25, 0.3) is 0 Å². The summed E-state index contributed by atoms with van der Waals surface area (Å²) in [6.45, 7) is 5.02. The van der Waals surface area contributed by atoms with E-state index in [2.05, 4.69) is 30.4 Å². The Morgan fingerprint density at radius 3 is 2.80 bits per heavy atom. The fourth-order valence-electron chi connectivity index (χ4n) is 3.04. The maximum atomic E-state index is 5.72. The first-order valence-corrected chi connectivity index (χ1v) is 7.75. The van der Waals surface area contributed by atoms with E-state index in [4.69, 9.17) is 10.6 Å². The van der Waals surface area contributed by atoms with E-state index < -0.39 is 0 Å². The summed E-state index contributed by atoms with van der Waals surface area (Å²) in [5.41, 5.74) is 5.38. The third-order valence-corrected chi connectivity index (χ3v) is 4.29. The second-order valence-electron chi connectivity index (χ2n) is 5.82. The Hall–Kier alpha value is -0.910. The van der Waals surface area contributed by atoms with E-state index in [1.54, 1.807) is 0 Å². The summed E-state index contributed by atoms with van der Waals surface area (Å²) in [5.74, 6) is 6.46. The van der Waals surface area contributed by atoms with Gasteiger partial charge in [0.2, 0.25) is 0 Å². The molecule has 0 aliphatic heterocycles. The Kier molecular flexibility index (Phi) is 5.57. The molecule has 1 aliphatic carbocycles. The molecular formula is C15H28N4O. The second kappa shape index (κ2) is 7.20. The summed E-state index contributed by atoms with van der Waals surface area (Å²) in [6, 6.07) is 2.51. The molecule has 1 saturated carbocycles. The highest BCUT2D eigenvalue weighted by Gasteiger charge is 2.31. The molecule has 0 saturated heterocycles. The van der Waals surface area contributed by atoms with Gasteiger partial charge in [-0.3, -0.25) is 16.0 Å². The molecule has 114 valence electrons. The van der Waals surface area contributed by atoms with Crippen LogP contribution in [0.25, 0.3) is 0 Å². The molecule has 0 radical (unpaired) electrons. The molecule has 0 amide bonds. The van der Waals surface area contributed by atoms with Crippen molar-refractivity contribution in [2.75, 3.05) is 6.61 Å². The zero-order valence-corrected chi connectivity index (χ0v) is 12.9. The van der Waals surface area contributed by atoms with Gasteiger partial charge >= 0.3 is 0 Å². The molecule has 1 atom stereocenters. The van der Waals surface area contributed by atoms with Gasteiger partial charge in [0.05, 0.1) is 11.8 Å². The van der Waals surface area contributed by atoms with Crippen LogP contribution in [0.5, 0.6) is 0 Å². The Labute approximate surface area is 121 Å². The summed E-state index contributed by atoms with van der Waals surface area (Å²) in [5, 5.41) is 4.49. The monoisotopic (exact) mass is 280 g/mol. The number of hydrogen-bond donors (Lipinski definition) is 2. The topological polar surface area (TPSA) is 65.1 Å². The molecule has 1 fully saturated rings. The van der Waals surface area contributed by atoms with Gasteiger partial charge < -0.3 is 4.74 Å². The van der Waals surface area contributed by atoms with Crippen LogP contribution >= 0.6 is 0 Å². The van der Waals surface area contributed by atoms with Gasteiger partial charge in [0.15, 0.2) is 0 Å². The molecular weight excluding hydrogens is 252 g/mol. The lowest BCUT2D eigenvalue weighted by molar-refractivity contribution is -0.0290. The van der Waals surface area contributed by atoms with Crippen molar-refractivity contribution in [3.05, 3.63) is 17.5 Å². The molecule has 2 rings (SSSR count). The lowest BCUT2D eigenvalue weighted by Crippen LogP contribution is -2.42. The minimum atomic E-state index is 0.322. The largest absolute Gasteiger partial charge is 0.378 e. The summed E-state index contributed by atoms with van der Waals surface area (Å²) < 4.78 is 7.59. The highest BCUT2D eigenvalue weighted by atomic mass is 16.5. The van der Waals surface area contributed by atoms with E-state index >= 15 is 0 Å². The number of rotatable bonds is 8. The van der Waals surface area contributed by atoms with Crippen molar-refractivity contribution in [3.8, 4) is 0 Å². The van der Waals surface area contributed by atoms with Crippen LogP contribution in [-0.4, -0.2) is 28.5 Å². The number of aryl methyl sites for hydroxylation is 2. The predicted octanol–water partition coefficient (Wildman–Crippen LogP) is 1.56. The molecule has 5 nitrogen and oxygen atoms in total. The van der Waals surface area contributed by atoms with Crippen LogP contribution in [0.4, 0.5) is 0 Å². The zero-order valence-electron chi connectivity index (χ0n) is 12.9. The summed E-state index contributed by atoms with van der Waals surface area (Å²) in [6.07, 6.45) is 5.87. The lowest BCUT2D eigenvalue weighted by atomic mass is 9.77. The van der Waals surface area contributed by atoms with Crippen LogP contribution in [-0.2, 0) is 24.6 Å². The fourth-order valence-corrected chi connectivity index (χ4v) is 3.04. The Bertz CT molecular complexity index is 412. The number of nitrogens with zero attached hydrogens (tertiary/aromatic N) is 2. The highest BCUT2D eigenvalue weighted by molar-refractivity contribution is 5.11. The highest BCUT2D eigenvalue weighted by Crippen LogP contribution is 2.33. The quantitative estimate of drug-likeness (QED) is 0.560. The number of hydrogen-bond acceptors (Lipinski definition) is 4. The minimum Gasteiger partial charge on any atom is -0.378 e. The van der Waals surface area contributed by atoms with Gasteiger partial charge in [-0.25, -0.2) is 0 Å². The van der Waals surface area contributed by atoms with Crippen LogP contribution in [0.15, 0.2) is 6.07 Å². The van der Waals surface area contributed by atoms with Gasteiger partial charge in [0.1, 0.15) is 0 Å². The first-order valence-electron chi connectivity index (χ1n) is 7.75. The van der Waals surface area contributed by atoms with Crippen LogP contribution in [0, 0.1) is 5.92 Å². The number of ether oxygens (including phenoxy) is 1. The van der Waals surface area contributed by atoms with E-state index in [1.807, 2.05) is 11.7 Å². The Morgan fingerprint density at radius 1 is 1.50 bits per heavy atom. The second-order valence-corrected chi connectivity index (χ2v) is 5.82. The van der Waals surface area contributed by atoms with E-state index in [0.717, 1.165) is 37.5 Å². The first kappa shape index (κ1) is 15.5.